The van der Waals surface area contributed by atoms with Gasteiger partial charge in [0, 0.05) is 43.5 Å². The Hall–Kier alpha value is -3.76. The van der Waals surface area contributed by atoms with Gasteiger partial charge in [0.2, 0.25) is 0 Å². The molecule has 3 aromatic carbocycles. The van der Waals surface area contributed by atoms with E-state index in [1.54, 1.807) is 19.5 Å². The number of ether oxygens (including phenoxy) is 1. The number of rotatable bonds is 7. The summed E-state index contributed by atoms with van der Waals surface area (Å²) in [6.45, 7) is 0.669. The third kappa shape index (κ3) is 6.03. The topological polar surface area (TPSA) is 35.0 Å². The number of fused-ring (bicyclic) bond motifs is 1. The van der Waals surface area contributed by atoms with Gasteiger partial charge in [-0.15, -0.1) is 0 Å². The highest BCUT2D eigenvalue weighted by atomic mass is 19.2. The first-order valence-corrected chi connectivity index (χ1v) is 11.1. The van der Waals surface area contributed by atoms with Crippen molar-refractivity contribution in [1.29, 1.82) is 0 Å². The lowest BCUT2D eigenvalue weighted by molar-refractivity contribution is 0.195. The monoisotopic (exact) mass is 478 g/mol. The minimum Gasteiger partial charge on any atom is -0.385 e. The number of halogens is 4. The van der Waals surface area contributed by atoms with E-state index in [0.29, 0.717) is 41.8 Å². The number of hydrogen-bond acceptors (Lipinski definition) is 3. The second-order valence-electron chi connectivity index (χ2n) is 8.09. The summed E-state index contributed by atoms with van der Waals surface area (Å²) in [6, 6.07) is 9.36. The fourth-order valence-electron chi connectivity index (χ4n) is 3.68. The zero-order chi connectivity index (χ0) is 24.8. The van der Waals surface area contributed by atoms with Gasteiger partial charge in [0.05, 0.1) is 5.56 Å². The number of aromatic nitrogens is 2. The Balaban J connectivity index is 1.44. The molecule has 0 N–H and O–H groups in total. The van der Waals surface area contributed by atoms with Crippen molar-refractivity contribution in [1.82, 2.24) is 9.97 Å². The highest BCUT2D eigenvalue weighted by molar-refractivity contribution is 5.84. The zero-order valence-corrected chi connectivity index (χ0v) is 19.0. The van der Waals surface area contributed by atoms with Crippen molar-refractivity contribution in [2.24, 2.45) is 0 Å². The highest BCUT2D eigenvalue weighted by Gasteiger charge is 2.11. The summed E-state index contributed by atoms with van der Waals surface area (Å²) in [5.41, 5.74) is 1.56. The molecule has 0 amide bonds. The van der Waals surface area contributed by atoms with Crippen molar-refractivity contribution in [3.8, 4) is 11.8 Å². The molecule has 178 valence electrons. The first kappa shape index (κ1) is 24.4. The van der Waals surface area contributed by atoms with Crippen molar-refractivity contribution in [3.63, 3.8) is 0 Å². The summed E-state index contributed by atoms with van der Waals surface area (Å²) >= 11 is 0. The van der Waals surface area contributed by atoms with Crippen LogP contribution in [0.5, 0.6) is 0 Å². The Kier molecular flexibility index (Phi) is 7.74. The summed E-state index contributed by atoms with van der Waals surface area (Å²) in [7, 11) is 1.66. The van der Waals surface area contributed by atoms with Gasteiger partial charge in [-0.3, -0.25) is 0 Å². The van der Waals surface area contributed by atoms with Crippen LogP contribution in [-0.4, -0.2) is 23.7 Å². The molecule has 0 aliphatic carbocycles. The van der Waals surface area contributed by atoms with Crippen LogP contribution in [0.4, 0.5) is 17.6 Å². The SMILES string of the molecule is COCCCc1cnc(CCc2cc(F)c(C#Cc3ccc4c(F)c(F)ccc4c3)c(F)c2)nc1. The van der Waals surface area contributed by atoms with Crippen molar-refractivity contribution < 1.29 is 22.3 Å². The van der Waals surface area contributed by atoms with Gasteiger partial charge in [-0.1, -0.05) is 24.0 Å². The predicted octanol–water partition coefficient (Wildman–Crippen LogP) is 5.95. The molecule has 0 bridgehead atoms. The average Bonchev–Trinajstić information content (AvgIpc) is 2.85. The molecule has 35 heavy (non-hydrogen) atoms. The minimum atomic E-state index is -0.946. The fourth-order valence-corrected chi connectivity index (χ4v) is 3.68. The molecule has 0 aliphatic heterocycles. The van der Waals surface area contributed by atoms with Crippen molar-refractivity contribution >= 4 is 10.8 Å². The maximum Gasteiger partial charge on any atom is 0.166 e. The molecule has 1 aromatic heterocycles. The van der Waals surface area contributed by atoms with Gasteiger partial charge in [-0.25, -0.2) is 27.5 Å². The van der Waals surface area contributed by atoms with E-state index in [4.69, 9.17) is 4.74 Å². The summed E-state index contributed by atoms with van der Waals surface area (Å²) in [5.74, 6) is 2.38. The van der Waals surface area contributed by atoms with Crippen LogP contribution in [-0.2, 0) is 24.0 Å². The molecule has 0 atom stereocenters. The van der Waals surface area contributed by atoms with Crippen LogP contribution >= 0.6 is 0 Å². The molecule has 7 heteroatoms. The molecule has 0 radical (unpaired) electrons. The second kappa shape index (κ2) is 11.1. The van der Waals surface area contributed by atoms with Crippen LogP contribution in [0.2, 0.25) is 0 Å². The van der Waals surface area contributed by atoms with E-state index in [-0.39, 0.29) is 10.9 Å². The van der Waals surface area contributed by atoms with Crippen molar-refractivity contribution in [2.75, 3.05) is 13.7 Å². The second-order valence-corrected chi connectivity index (χ2v) is 8.09. The van der Waals surface area contributed by atoms with Crippen LogP contribution in [0.3, 0.4) is 0 Å². The molecule has 0 aliphatic rings. The van der Waals surface area contributed by atoms with Crippen LogP contribution in [0, 0.1) is 35.1 Å². The van der Waals surface area contributed by atoms with E-state index in [1.807, 2.05) is 0 Å². The summed E-state index contributed by atoms with van der Waals surface area (Å²) in [4.78, 5) is 8.65. The van der Waals surface area contributed by atoms with Gasteiger partial charge in [0.15, 0.2) is 11.6 Å². The maximum atomic E-state index is 14.6. The van der Waals surface area contributed by atoms with Crippen LogP contribution in [0.25, 0.3) is 10.8 Å². The van der Waals surface area contributed by atoms with Gasteiger partial charge < -0.3 is 4.74 Å². The molecule has 0 spiro atoms. The average molecular weight is 478 g/mol. The summed E-state index contributed by atoms with van der Waals surface area (Å²) in [6.07, 6.45) is 6.03. The largest absolute Gasteiger partial charge is 0.385 e. The van der Waals surface area contributed by atoms with Crippen LogP contribution in [0.1, 0.15) is 34.5 Å². The Morgan fingerprint density at radius 3 is 2.23 bits per heavy atom. The van der Waals surface area contributed by atoms with E-state index in [1.165, 1.54) is 36.4 Å². The normalized spacial score (nSPS) is 10.9. The maximum absolute atomic E-state index is 14.6. The van der Waals surface area contributed by atoms with Gasteiger partial charge >= 0.3 is 0 Å². The summed E-state index contributed by atoms with van der Waals surface area (Å²) < 4.78 is 61.5. The standard InChI is InChI=1S/C28H22F4N2O/c1-35-12-2-3-20-16-33-27(34-17-20)11-6-19-14-25(30)23(26(31)15-19)9-5-18-4-8-22-21(13-18)7-10-24(29)28(22)32/h4,7-8,10,13-17H,2-3,6,11-12H2,1H3. The van der Waals surface area contributed by atoms with Crippen molar-refractivity contribution in [2.45, 2.75) is 25.7 Å². The number of hydrogen-bond donors (Lipinski definition) is 0. The number of nitrogens with zero attached hydrogens (tertiary/aromatic N) is 2. The number of methoxy groups -OCH3 is 1. The first-order chi connectivity index (χ1) is 16.9. The highest BCUT2D eigenvalue weighted by Crippen LogP contribution is 2.22. The molecule has 4 aromatic rings. The molecule has 0 unspecified atom stereocenters. The Labute approximate surface area is 200 Å². The van der Waals surface area contributed by atoms with Crippen LogP contribution < -0.4 is 0 Å². The zero-order valence-electron chi connectivity index (χ0n) is 19.0. The molecule has 0 fully saturated rings. The third-order valence-electron chi connectivity index (χ3n) is 5.55. The predicted molar refractivity (Wildman–Crippen MR) is 126 cm³/mol. The number of aryl methyl sites for hydroxylation is 3. The van der Waals surface area contributed by atoms with Gasteiger partial charge in [0.25, 0.3) is 0 Å². The van der Waals surface area contributed by atoms with Crippen molar-refractivity contribution in [3.05, 3.63) is 106 Å². The molecule has 0 saturated carbocycles. The quantitative estimate of drug-likeness (QED) is 0.187. The van der Waals surface area contributed by atoms with E-state index >= 15 is 0 Å². The molecule has 4 rings (SSSR count). The molecule has 0 saturated heterocycles. The molecular weight excluding hydrogens is 456 g/mol. The van der Waals surface area contributed by atoms with E-state index in [2.05, 4.69) is 21.8 Å². The Morgan fingerprint density at radius 2 is 1.51 bits per heavy atom. The smallest absolute Gasteiger partial charge is 0.166 e. The lowest BCUT2D eigenvalue weighted by Gasteiger charge is -2.05. The molecule has 3 nitrogen and oxygen atoms in total. The molecular formula is C28H22F4N2O. The van der Waals surface area contributed by atoms with E-state index < -0.39 is 23.3 Å². The van der Waals surface area contributed by atoms with E-state index in [0.717, 1.165) is 24.5 Å². The third-order valence-corrected chi connectivity index (χ3v) is 5.55. The lowest BCUT2D eigenvalue weighted by atomic mass is 10.0. The number of benzene rings is 3. The Bertz CT molecular complexity index is 1390. The molecule has 1 heterocycles. The first-order valence-electron chi connectivity index (χ1n) is 11.1. The van der Waals surface area contributed by atoms with Gasteiger partial charge in [0.1, 0.15) is 17.5 Å². The summed E-state index contributed by atoms with van der Waals surface area (Å²) in [5, 5.41) is 0.555. The van der Waals surface area contributed by atoms with E-state index in [9.17, 15) is 17.6 Å². The minimum absolute atomic E-state index is 0.113. The van der Waals surface area contributed by atoms with Gasteiger partial charge in [-0.2, -0.15) is 0 Å². The van der Waals surface area contributed by atoms with Gasteiger partial charge in [-0.05, 0) is 66.1 Å². The van der Waals surface area contributed by atoms with Crippen LogP contribution in [0.15, 0.2) is 54.9 Å². The lowest BCUT2D eigenvalue weighted by Crippen LogP contribution is -2.02. The fraction of sp³-hybridized carbons (Fsp3) is 0.214. The Morgan fingerprint density at radius 1 is 0.771 bits per heavy atom.